The molecular formula is C25H19ClF3N3O3S. The number of amides is 3. The third kappa shape index (κ3) is 5.34. The van der Waals surface area contributed by atoms with E-state index >= 15 is 0 Å². The van der Waals surface area contributed by atoms with Crippen molar-refractivity contribution >= 4 is 52.2 Å². The van der Waals surface area contributed by atoms with Gasteiger partial charge in [0.2, 0.25) is 5.91 Å². The molecule has 3 aromatic rings. The SMILES string of the molecule is Cc1cc(/C=C2\SC(=O)N(CC(=O)Nc3cccc(C(F)(F)F)c3)C2=O)c(C)n1-c1cccc(Cl)c1. The summed E-state index contributed by atoms with van der Waals surface area (Å²) in [5.74, 6) is -1.45. The first kappa shape index (κ1) is 25.6. The number of aromatic nitrogens is 1. The zero-order valence-electron chi connectivity index (χ0n) is 19.0. The fourth-order valence-corrected chi connectivity index (χ4v) is 4.85. The number of aryl methyl sites for hydroxylation is 1. The predicted octanol–water partition coefficient (Wildman–Crippen LogP) is 6.44. The monoisotopic (exact) mass is 533 g/mol. The molecule has 3 amide bonds. The van der Waals surface area contributed by atoms with E-state index in [0.717, 1.165) is 40.2 Å². The van der Waals surface area contributed by atoms with Gasteiger partial charge in [0.05, 0.1) is 10.5 Å². The highest BCUT2D eigenvalue weighted by Crippen LogP contribution is 2.34. The fraction of sp³-hybridized carbons (Fsp3) is 0.160. The van der Waals surface area contributed by atoms with E-state index in [2.05, 4.69) is 5.32 Å². The van der Waals surface area contributed by atoms with Gasteiger partial charge < -0.3 is 9.88 Å². The molecule has 1 aromatic heterocycles. The number of rotatable bonds is 5. The number of halogens is 4. The highest BCUT2D eigenvalue weighted by molar-refractivity contribution is 8.18. The average Bonchev–Trinajstić information content (AvgIpc) is 3.22. The van der Waals surface area contributed by atoms with Crippen LogP contribution in [0.3, 0.4) is 0 Å². The molecule has 1 aliphatic heterocycles. The molecule has 36 heavy (non-hydrogen) atoms. The third-order valence-corrected chi connectivity index (χ3v) is 6.61. The highest BCUT2D eigenvalue weighted by atomic mass is 35.5. The van der Waals surface area contributed by atoms with Crippen LogP contribution in [-0.2, 0) is 15.8 Å². The molecule has 1 fully saturated rings. The molecule has 1 N–H and O–H groups in total. The minimum Gasteiger partial charge on any atom is -0.325 e. The number of hydrogen-bond donors (Lipinski definition) is 1. The van der Waals surface area contributed by atoms with E-state index in [-0.39, 0.29) is 10.6 Å². The van der Waals surface area contributed by atoms with Crippen molar-refractivity contribution in [2.75, 3.05) is 11.9 Å². The number of carbonyl (C=O) groups is 3. The summed E-state index contributed by atoms with van der Waals surface area (Å²) in [6.07, 6.45) is -2.99. The number of carbonyl (C=O) groups excluding carboxylic acids is 3. The zero-order valence-corrected chi connectivity index (χ0v) is 20.6. The second-order valence-corrected chi connectivity index (χ2v) is 9.47. The normalized spacial score (nSPS) is 15.2. The molecule has 0 aliphatic carbocycles. The van der Waals surface area contributed by atoms with Crippen LogP contribution < -0.4 is 5.32 Å². The van der Waals surface area contributed by atoms with Crippen LogP contribution in [0.2, 0.25) is 5.02 Å². The summed E-state index contributed by atoms with van der Waals surface area (Å²) in [6.45, 7) is 3.14. The lowest BCUT2D eigenvalue weighted by atomic mass is 10.2. The molecule has 2 heterocycles. The number of benzene rings is 2. The molecule has 0 saturated carbocycles. The Bertz CT molecular complexity index is 1420. The average molecular weight is 534 g/mol. The van der Waals surface area contributed by atoms with Crippen LogP contribution in [-0.4, -0.2) is 33.1 Å². The summed E-state index contributed by atoms with van der Waals surface area (Å²) < 4.78 is 40.7. The summed E-state index contributed by atoms with van der Waals surface area (Å²) in [5, 5.41) is 2.23. The van der Waals surface area contributed by atoms with Crippen molar-refractivity contribution < 1.29 is 27.6 Å². The van der Waals surface area contributed by atoms with Gasteiger partial charge in [-0.3, -0.25) is 19.3 Å². The van der Waals surface area contributed by atoms with Crippen molar-refractivity contribution in [3.63, 3.8) is 0 Å². The van der Waals surface area contributed by atoms with Gasteiger partial charge in [0.1, 0.15) is 6.54 Å². The molecule has 6 nitrogen and oxygen atoms in total. The molecule has 1 aliphatic rings. The maximum atomic E-state index is 12.9. The van der Waals surface area contributed by atoms with Crippen molar-refractivity contribution in [1.82, 2.24) is 9.47 Å². The van der Waals surface area contributed by atoms with Crippen LogP contribution in [0.1, 0.15) is 22.5 Å². The second-order valence-electron chi connectivity index (χ2n) is 8.04. The predicted molar refractivity (Wildman–Crippen MR) is 133 cm³/mol. The van der Waals surface area contributed by atoms with Crippen LogP contribution in [0.4, 0.5) is 23.7 Å². The Kier molecular flexibility index (Phi) is 7.01. The molecule has 1 saturated heterocycles. The van der Waals surface area contributed by atoms with Gasteiger partial charge in [-0.25, -0.2) is 0 Å². The summed E-state index contributed by atoms with van der Waals surface area (Å²) in [7, 11) is 0. The topological polar surface area (TPSA) is 71.4 Å². The first-order valence-corrected chi connectivity index (χ1v) is 11.8. The molecule has 186 valence electrons. The lowest BCUT2D eigenvalue weighted by molar-refractivity contribution is -0.137. The van der Waals surface area contributed by atoms with Gasteiger partial charge in [-0.2, -0.15) is 13.2 Å². The van der Waals surface area contributed by atoms with Crippen molar-refractivity contribution in [1.29, 1.82) is 0 Å². The summed E-state index contributed by atoms with van der Waals surface area (Å²) in [4.78, 5) is 38.6. The van der Waals surface area contributed by atoms with Crippen LogP contribution in [0.15, 0.2) is 59.5 Å². The van der Waals surface area contributed by atoms with Crippen LogP contribution in [0.5, 0.6) is 0 Å². The molecular weight excluding hydrogens is 515 g/mol. The van der Waals surface area contributed by atoms with Crippen molar-refractivity contribution in [2.24, 2.45) is 0 Å². The minimum atomic E-state index is -4.57. The largest absolute Gasteiger partial charge is 0.416 e. The van der Waals surface area contributed by atoms with Gasteiger partial charge in [-0.05, 0) is 79.7 Å². The van der Waals surface area contributed by atoms with E-state index in [1.54, 1.807) is 12.1 Å². The summed E-state index contributed by atoms with van der Waals surface area (Å²) in [6, 6.07) is 13.3. The van der Waals surface area contributed by atoms with Gasteiger partial charge in [-0.15, -0.1) is 0 Å². The Morgan fingerprint density at radius 1 is 1.08 bits per heavy atom. The van der Waals surface area contributed by atoms with Gasteiger partial charge in [0, 0.05) is 27.8 Å². The van der Waals surface area contributed by atoms with E-state index in [1.807, 2.05) is 42.7 Å². The molecule has 11 heteroatoms. The Labute approximate surface area is 213 Å². The fourth-order valence-electron chi connectivity index (χ4n) is 3.84. The minimum absolute atomic E-state index is 0.0919. The van der Waals surface area contributed by atoms with E-state index < -0.39 is 35.3 Å². The Morgan fingerprint density at radius 2 is 1.81 bits per heavy atom. The number of imide groups is 1. The number of nitrogens with zero attached hydrogens (tertiary/aromatic N) is 2. The van der Waals surface area contributed by atoms with Gasteiger partial charge >= 0.3 is 6.18 Å². The molecule has 0 atom stereocenters. The van der Waals surface area contributed by atoms with Gasteiger partial charge in [-0.1, -0.05) is 23.7 Å². The molecule has 0 radical (unpaired) electrons. The van der Waals surface area contributed by atoms with E-state index in [9.17, 15) is 27.6 Å². The number of nitrogens with one attached hydrogen (secondary N) is 1. The molecule has 2 aromatic carbocycles. The number of anilines is 1. The Hall–Kier alpha value is -3.50. The standard InChI is InChI=1S/C25H19ClF3N3O3S/c1-14-9-16(15(2)32(14)20-8-4-6-18(26)12-20)10-21-23(34)31(24(35)36-21)13-22(33)30-19-7-3-5-17(11-19)25(27,28)29/h3-12H,13H2,1-2H3,(H,30,33)/b21-10-. The lowest BCUT2D eigenvalue weighted by Gasteiger charge is -2.13. The molecule has 0 spiro atoms. The van der Waals surface area contributed by atoms with E-state index in [1.165, 1.54) is 6.07 Å². The smallest absolute Gasteiger partial charge is 0.325 e. The van der Waals surface area contributed by atoms with Gasteiger partial charge in [0.15, 0.2) is 0 Å². The number of alkyl halides is 3. The van der Waals surface area contributed by atoms with Crippen LogP contribution >= 0.6 is 23.4 Å². The lowest BCUT2D eigenvalue weighted by Crippen LogP contribution is -2.36. The molecule has 0 unspecified atom stereocenters. The van der Waals surface area contributed by atoms with E-state index in [0.29, 0.717) is 22.3 Å². The van der Waals surface area contributed by atoms with Crippen LogP contribution in [0.25, 0.3) is 11.8 Å². The number of thioether (sulfide) groups is 1. The first-order chi connectivity index (χ1) is 16.9. The first-order valence-electron chi connectivity index (χ1n) is 10.6. The summed E-state index contributed by atoms with van der Waals surface area (Å²) >= 11 is 6.81. The quantitative estimate of drug-likeness (QED) is 0.383. The van der Waals surface area contributed by atoms with Crippen molar-refractivity contribution in [3.8, 4) is 5.69 Å². The molecule has 0 bridgehead atoms. The zero-order chi connectivity index (χ0) is 26.2. The highest BCUT2D eigenvalue weighted by Gasteiger charge is 2.37. The van der Waals surface area contributed by atoms with Crippen molar-refractivity contribution in [3.05, 3.63) is 87.0 Å². The molecule has 4 rings (SSSR count). The number of hydrogen-bond acceptors (Lipinski definition) is 4. The maximum Gasteiger partial charge on any atom is 0.416 e. The Balaban J connectivity index is 1.51. The second kappa shape index (κ2) is 9.87. The summed E-state index contributed by atoms with van der Waals surface area (Å²) in [5.41, 5.74) is 2.25. The van der Waals surface area contributed by atoms with Gasteiger partial charge in [0.25, 0.3) is 11.1 Å². The maximum absolute atomic E-state index is 12.9. The van der Waals surface area contributed by atoms with E-state index in [4.69, 9.17) is 11.6 Å². The van der Waals surface area contributed by atoms with Crippen LogP contribution in [0, 0.1) is 13.8 Å². The third-order valence-electron chi connectivity index (χ3n) is 5.47. The van der Waals surface area contributed by atoms with Crippen molar-refractivity contribution in [2.45, 2.75) is 20.0 Å². The Morgan fingerprint density at radius 3 is 2.50 bits per heavy atom.